The molecule has 3 aromatic rings. The highest BCUT2D eigenvalue weighted by atomic mass is 16.5. The minimum absolute atomic E-state index is 0.104. The van der Waals surface area contributed by atoms with Crippen molar-refractivity contribution in [2.24, 2.45) is 5.92 Å². The van der Waals surface area contributed by atoms with E-state index in [9.17, 15) is 4.79 Å². The molecule has 5 nitrogen and oxygen atoms in total. The Morgan fingerprint density at radius 3 is 2.71 bits per heavy atom. The summed E-state index contributed by atoms with van der Waals surface area (Å²) in [6, 6.07) is 16.2. The van der Waals surface area contributed by atoms with E-state index in [-0.39, 0.29) is 23.8 Å². The molecule has 1 aliphatic heterocycles. The predicted molar refractivity (Wildman–Crippen MR) is 120 cm³/mol. The van der Waals surface area contributed by atoms with Crippen molar-refractivity contribution in [1.29, 1.82) is 0 Å². The maximum absolute atomic E-state index is 12.6. The molecule has 162 valence electrons. The molecular weight excluding hydrogens is 390 g/mol. The van der Waals surface area contributed by atoms with E-state index in [1.807, 2.05) is 36.4 Å². The fourth-order valence-corrected chi connectivity index (χ4v) is 4.94. The second-order valence-corrected chi connectivity index (χ2v) is 8.76. The van der Waals surface area contributed by atoms with Gasteiger partial charge in [0.15, 0.2) is 11.5 Å². The first-order valence-electron chi connectivity index (χ1n) is 11.3. The zero-order valence-corrected chi connectivity index (χ0v) is 17.9. The average molecular weight is 420 g/mol. The second kappa shape index (κ2) is 8.66. The highest BCUT2D eigenvalue weighted by molar-refractivity contribution is 5.81. The van der Waals surface area contributed by atoms with E-state index < -0.39 is 0 Å². The van der Waals surface area contributed by atoms with Gasteiger partial charge in [0.25, 0.3) is 0 Å². The van der Waals surface area contributed by atoms with Crippen LogP contribution >= 0.6 is 0 Å². The van der Waals surface area contributed by atoms with Gasteiger partial charge in [-0.25, -0.2) is 0 Å². The normalized spacial score (nSPS) is 21.9. The lowest BCUT2D eigenvalue weighted by molar-refractivity contribution is -0.127. The molecule has 2 aliphatic rings. The van der Waals surface area contributed by atoms with Crippen molar-refractivity contribution in [3.05, 3.63) is 59.9 Å². The molecule has 2 atom stereocenters. The Kier molecular flexibility index (Phi) is 5.58. The Balaban J connectivity index is 1.33. The van der Waals surface area contributed by atoms with Crippen molar-refractivity contribution in [3.63, 3.8) is 0 Å². The van der Waals surface area contributed by atoms with Gasteiger partial charge in [0.1, 0.15) is 11.3 Å². The summed E-state index contributed by atoms with van der Waals surface area (Å²) >= 11 is 0. The van der Waals surface area contributed by atoms with Crippen molar-refractivity contribution in [2.75, 3.05) is 13.7 Å². The molecule has 2 fully saturated rings. The monoisotopic (exact) mass is 419 g/mol. The van der Waals surface area contributed by atoms with E-state index in [1.54, 1.807) is 7.11 Å². The van der Waals surface area contributed by atoms with Gasteiger partial charge in [-0.3, -0.25) is 4.79 Å². The number of fused-ring (bicyclic) bond motifs is 1. The molecule has 2 heterocycles. The summed E-state index contributed by atoms with van der Waals surface area (Å²) in [4.78, 5) is 12.6. The number of benzene rings is 2. The van der Waals surface area contributed by atoms with Crippen molar-refractivity contribution >= 4 is 16.9 Å². The Labute approximate surface area is 182 Å². The van der Waals surface area contributed by atoms with Crippen LogP contribution in [0.2, 0.25) is 0 Å². The van der Waals surface area contributed by atoms with Gasteiger partial charge in [0, 0.05) is 30.2 Å². The third-order valence-corrected chi connectivity index (χ3v) is 6.64. The van der Waals surface area contributed by atoms with E-state index in [0.29, 0.717) is 13.0 Å². The van der Waals surface area contributed by atoms with Gasteiger partial charge in [-0.05, 0) is 61.9 Å². The maximum Gasteiger partial charge on any atom is 0.223 e. The summed E-state index contributed by atoms with van der Waals surface area (Å²) in [6.45, 7) is 0.644. The number of piperidine rings is 1. The lowest BCUT2D eigenvalue weighted by atomic mass is 9.83. The number of rotatable bonds is 6. The molecule has 1 aliphatic carbocycles. The van der Waals surface area contributed by atoms with E-state index in [4.69, 9.17) is 13.9 Å². The Morgan fingerprint density at radius 2 is 1.90 bits per heavy atom. The highest BCUT2D eigenvalue weighted by Gasteiger charge is 2.31. The van der Waals surface area contributed by atoms with Crippen LogP contribution in [0.4, 0.5) is 0 Å². The smallest absolute Gasteiger partial charge is 0.223 e. The number of carbonyl (C=O) groups is 1. The molecule has 1 N–H and O–H groups in total. The summed E-state index contributed by atoms with van der Waals surface area (Å²) in [5, 5.41) is 4.18. The largest absolute Gasteiger partial charge is 0.493 e. The van der Waals surface area contributed by atoms with Crippen LogP contribution < -0.4 is 14.8 Å². The number of ether oxygens (including phenoxy) is 2. The summed E-state index contributed by atoms with van der Waals surface area (Å²) in [5.41, 5.74) is 2.05. The van der Waals surface area contributed by atoms with E-state index in [1.165, 1.54) is 18.4 Å². The molecule has 5 heteroatoms. The van der Waals surface area contributed by atoms with Crippen molar-refractivity contribution in [1.82, 2.24) is 5.32 Å². The second-order valence-electron chi connectivity index (χ2n) is 8.76. The number of carbonyl (C=O) groups excluding carboxylic acids is 1. The zero-order chi connectivity index (χ0) is 21.2. The van der Waals surface area contributed by atoms with E-state index in [0.717, 1.165) is 47.5 Å². The van der Waals surface area contributed by atoms with Crippen LogP contribution in [0.3, 0.4) is 0 Å². The SMILES string of the molecule is COc1ccc([C@H]2CNC(=O)[C@H](Cc3cc4ccccc4o3)C2)cc1OC1CCCC1. The number of nitrogens with one attached hydrogen (secondary N) is 1. The lowest BCUT2D eigenvalue weighted by Crippen LogP contribution is -2.41. The van der Waals surface area contributed by atoms with Crippen LogP contribution in [0.1, 0.15) is 49.3 Å². The summed E-state index contributed by atoms with van der Waals surface area (Å²) < 4.78 is 17.8. The average Bonchev–Trinajstić information content (AvgIpc) is 3.44. The highest BCUT2D eigenvalue weighted by Crippen LogP contribution is 2.37. The van der Waals surface area contributed by atoms with Crippen LogP contribution in [-0.4, -0.2) is 25.7 Å². The van der Waals surface area contributed by atoms with Gasteiger partial charge in [-0.15, -0.1) is 0 Å². The van der Waals surface area contributed by atoms with Gasteiger partial charge < -0.3 is 19.2 Å². The van der Waals surface area contributed by atoms with Gasteiger partial charge in [0.2, 0.25) is 5.91 Å². The molecule has 0 unspecified atom stereocenters. The molecule has 1 aromatic heterocycles. The van der Waals surface area contributed by atoms with Gasteiger partial charge in [0.05, 0.1) is 13.2 Å². The lowest BCUT2D eigenvalue weighted by Gasteiger charge is -2.29. The molecule has 0 bridgehead atoms. The van der Waals surface area contributed by atoms with Crippen molar-refractivity contribution in [3.8, 4) is 11.5 Å². The number of para-hydroxylation sites is 1. The molecule has 0 radical (unpaired) electrons. The van der Waals surface area contributed by atoms with Crippen LogP contribution in [0, 0.1) is 5.92 Å². The fourth-order valence-electron chi connectivity index (χ4n) is 4.94. The first-order chi connectivity index (χ1) is 15.2. The predicted octanol–water partition coefficient (Wildman–Crippen LogP) is 5.23. The summed E-state index contributed by atoms with van der Waals surface area (Å²) in [5.74, 6) is 2.69. The summed E-state index contributed by atoms with van der Waals surface area (Å²) in [6.07, 6.45) is 6.33. The van der Waals surface area contributed by atoms with Crippen LogP contribution in [-0.2, 0) is 11.2 Å². The number of amides is 1. The number of methoxy groups -OCH3 is 1. The van der Waals surface area contributed by atoms with Crippen LogP contribution in [0.25, 0.3) is 11.0 Å². The Morgan fingerprint density at radius 1 is 1.06 bits per heavy atom. The number of furan rings is 1. The fraction of sp³-hybridized carbons (Fsp3) is 0.423. The molecule has 5 rings (SSSR count). The number of hydrogen-bond donors (Lipinski definition) is 1. The quantitative estimate of drug-likeness (QED) is 0.595. The molecule has 2 aromatic carbocycles. The minimum atomic E-state index is -0.111. The molecule has 1 saturated carbocycles. The van der Waals surface area contributed by atoms with Gasteiger partial charge in [-0.1, -0.05) is 24.3 Å². The third kappa shape index (κ3) is 4.27. The standard InChI is InChI=1S/C26H29NO4/c1-29-24-11-10-17(15-25(24)30-21-7-3-4-8-21)20-12-19(26(28)27-16-20)14-22-13-18-6-2-5-9-23(18)31-22/h2,5-6,9-11,13,15,19-21H,3-4,7-8,12,14,16H2,1H3,(H,27,28)/t19-,20+/m0/s1. The van der Waals surface area contributed by atoms with Crippen LogP contribution in [0.5, 0.6) is 11.5 Å². The zero-order valence-electron chi connectivity index (χ0n) is 17.9. The number of hydrogen-bond acceptors (Lipinski definition) is 4. The van der Waals surface area contributed by atoms with E-state index >= 15 is 0 Å². The van der Waals surface area contributed by atoms with Crippen molar-refractivity contribution < 1.29 is 18.7 Å². The minimum Gasteiger partial charge on any atom is -0.493 e. The molecule has 1 amide bonds. The van der Waals surface area contributed by atoms with Gasteiger partial charge in [-0.2, -0.15) is 0 Å². The topological polar surface area (TPSA) is 60.7 Å². The maximum atomic E-state index is 12.6. The molecule has 31 heavy (non-hydrogen) atoms. The van der Waals surface area contributed by atoms with Gasteiger partial charge >= 0.3 is 0 Å². The molecular formula is C26H29NO4. The molecule has 0 spiro atoms. The third-order valence-electron chi connectivity index (χ3n) is 6.64. The first kappa shape index (κ1) is 20.0. The van der Waals surface area contributed by atoms with Crippen molar-refractivity contribution in [2.45, 2.75) is 50.5 Å². The van der Waals surface area contributed by atoms with Crippen LogP contribution in [0.15, 0.2) is 52.9 Å². The Bertz CT molecular complexity index is 1030. The van der Waals surface area contributed by atoms with E-state index in [2.05, 4.69) is 17.4 Å². The first-order valence-corrected chi connectivity index (χ1v) is 11.3. The molecule has 1 saturated heterocycles. The summed E-state index contributed by atoms with van der Waals surface area (Å²) in [7, 11) is 1.68. The Hall–Kier alpha value is -2.95.